The van der Waals surface area contributed by atoms with Crippen LogP contribution >= 0.6 is 11.8 Å². The largest absolute Gasteiger partial charge is 0.497 e. The predicted octanol–water partition coefficient (Wildman–Crippen LogP) is 3.74. The number of thioether (sulfide) groups is 1. The zero-order valence-corrected chi connectivity index (χ0v) is 18.6. The number of carbonyl (C=O) groups is 1. The van der Waals surface area contributed by atoms with Gasteiger partial charge in [-0.15, -0.1) is 11.8 Å². The van der Waals surface area contributed by atoms with Crippen molar-refractivity contribution in [1.29, 1.82) is 5.26 Å². The fourth-order valence-corrected chi connectivity index (χ4v) is 4.70. The summed E-state index contributed by atoms with van der Waals surface area (Å²) in [4.78, 5) is 13.4. The third-order valence-electron chi connectivity index (χ3n) is 4.28. The van der Waals surface area contributed by atoms with E-state index in [2.05, 4.69) is 11.4 Å². The smallest absolute Gasteiger partial charge is 0.242 e. The zero-order valence-electron chi connectivity index (χ0n) is 17.0. The lowest BCUT2D eigenvalue weighted by atomic mass is 10.2. The van der Waals surface area contributed by atoms with E-state index in [-0.39, 0.29) is 23.8 Å². The van der Waals surface area contributed by atoms with Crippen molar-refractivity contribution in [1.82, 2.24) is 4.31 Å². The number of nitriles is 1. The first kappa shape index (κ1) is 23.7. The van der Waals surface area contributed by atoms with E-state index in [1.807, 2.05) is 24.3 Å². The molecule has 0 fully saturated rings. The molecule has 9 heteroatoms. The van der Waals surface area contributed by atoms with Crippen LogP contribution in [0, 0.1) is 11.3 Å². The van der Waals surface area contributed by atoms with Crippen molar-refractivity contribution in [3.8, 4) is 11.8 Å². The molecule has 7 nitrogen and oxygen atoms in total. The lowest BCUT2D eigenvalue weighted by molar-refractivity contribution is -0.116. The Bertz CT molecular complexity index is 986. The van der Waals surface area contributed by atoms with Crippen molar-refractivity contribution in [2.24, 2.45) is 0 Å². The van der Waals surface area contributed by atoms with E-state index >= 15 is 0 Å². The van der Waals surface area contributed by atoms with Gasteiger partial charge < -0.3 is 10.1 Å². The second-order valence-electron chi connectivity index (χ2n) is 6.41. The minimum absolute atomic E-state index is 0.179. The van der Waals surface area contributed by atoms with Gasteiger partial charge in [0.2, 0.25) is 15.9 Å². The van der Waals surface area contributed by atoms with Crippen LogP contribution in [0.15, 0.2) is 58.3 Å². The summed E-state index contributed by atoms with van der Waals surface area (Å²) in [5.74, 6) is 1.05. The Balaban J connectivity index is 1.87. The van der Waals surface area contributed by atoms with Gasteiger partial charge in [0.15, 0.2) is 0 Å². The van der Waals surface area contributed by atoms with Gasteiger partial charge in [-0.05, 0) is 42.8 Å². The van der Waals surface area contributed by atoms with Gasteiger partial charge in [-0.25, -0.2) is 12.7 Å². The number of sulfonamides is 1. The average molecular weight is 448 g/mol. The van der Waals surface area contributed by atoms with Crippen LogP contribution in [0.1, 0.15) is 19.3 Å². The molecule has 0 aliphatic heterocycles. The maximum absolute atomic E-state index is 12.6. The third kappa shape index (κ3) is 6.76. The first-order valence-corrected chi connectivity index (χ1v) is 11.8. The first-order chi connectivity index (χ1) is 14.4. The number of nitrogens with one attached hydrogen (secondary N) is 1. The maximum Gasteiger partial charge on any atom is 0.242 e. The van der Waals surface area contributed by atoms with Gasteiger partial charge in [0, 0.05) is 37.1 Å². The molecular formula is C21H25N3O4S2. The van der Waals surface area contributed by atoms with Crippen molar-refractivity contribution >= 4 is 33.4 Å². The molecular weight excluding hydrogens is 422 g/mol. The Hall–Kier alpha value is -2.54. The number of hydrogen-bond acceptors (Lipinski definition) is 6. The Morgan fingerprint density at radius 2 is 1.90 bits per heavy atom. The van der Waals surface area contributed by atoms with Gasteiger partial charge in [0.1, 0.15) is 5.75 Å². The molecule has 2 aromatic carbocycles. The molecule has 2 aromatic rings. The molecule has 1 amide bonds. The van der Waals surface area contributed by atoms with Crippen molar-refractivity contribution in [2.45, 2.75) is 29.1 Å². The molecule has 0 saturated heterocycles. The number of ether oxygens (including phenoxy) is 1. The number of amides is 1. The highest BCUT2D eigenvalue weighted by atomic mass is 32.2. The molecule has 0 unspecified atom stereocenters. The number of para-hydroxylation sites is 1. The summed E-state index contributed by atoms with van der Waals surface area (Å²) in [5, 5.41) is 11.5. The Morgan fingerprint density at radius 1 is 1.20 bits per heavy atom. The summed E-state index contributed by atoms with van der Waals surface area (Å²) < 4.78 is 31.5. The van der Waals surface area contributed by atoms with E-state index in [9.17, 15) is 13.2 Å². The topological polar surface area (TPSA) is 99.5 Å². The molecule has 30 heavy (non-hydrogen) atoms. The summed E-state index contributed by atoms with van der Waals surface area (Å²) >= 11 is 1.51. The Labute approximate surface area is 182 Å². The van der Waals surface area contributed by atoms with E-state index < -0.39 is 10.0 Å². The summed E-state index contributed by atoms with van der Waals surface area (Å²) in [7, 11) is -0.607. The Kier molecular flexibility index (Phi) is 9.17. The summed E-state index contributed by atoms with van der Waals surface area (Å²) in [6, 6.07) is 15.7. The molecule has 1 N–H and O–H groups in total. The van der Waals surface area contributed by atoms with E-state index in [1.165, 1.54) is 42.4 Å². The predicted molar refractivity (Wildman–Crippen MR) is 118 cm³/mol. The summed E-state index contributed by atoms with van der Waals surface area (Å²) in [6.07, 6.45) is 1.02. The summed E-state index contributed by atoms with van der Waals surface area (Å²) in [6.45, 7) is 0.223. The standard InChI is InChI=1S/C21H25N3O4S2/c1-24(30(26,27)18-12-10-17(28-2)11-13-18)15-5-9-21(25)23-19-7-3-4-8-20(19)29-16-6-14-22/h3-4,7-8,10-13H,5-6,9,15-16H2,1-2H3,(H,23,25). The van der Waals surface area contributed by atoms with Gasteiger partial charge >= 0.3 is 0 Å². The van der Waals surface area contributed by atoms with Crippen LogP contribution in [-0.2, 0) is 14.8 Å². The number of carbonyl (C=O) groups excluding carboxylic acids is 1. The number of hydrogen-bond donors (Lipinski definition) is 1. The zero-order chi connectivity index (χ0) is 22.0. The van der Waals surface area contributed by atoms with Crippen LogP contribution < -0.4 is 10.1 Å². The molecule has 0 radical (unpaired) electrons. The van der Waals surface area contributed by atoms with Gasteiger partial charge in [-0.2, -0.15) is 5.26 Å². The lowest BCUT2D eigenvalue weighted by Gasteiger charge is -2.17. The van der Waals surface area contributed by atoms with Crippen LogP contribution in [0.2, 0.25) is 0 Å². The lowest BCUT2D eigenvalue weighted by Crippen LogP contribution is -2.28. The van der Waals surface area contributed by atoms with Crippen molar-refractivity contribution in [3.63, 3.8) is 0 Å². The minimum Gasteiger partial charge on any atom is -0.497 e. The second-order valence-corrected chi connectivity index (χ2v) is 9.59. The fraction of sp³-hybridized carbons (Fsp3) is 0.333. The van der Waals surface area contributed by atoms with Crippen LogP contribution in [0.3, 0.4) is 0 Å². The van der Waals surface area contributed by atoms with E-state index in [4.69, 9.17) is 10.00 Å². The van der Waals surface area contributed by atoms with Crippen molar-refractivity contribution < 1.29 is 17.9 Å². The Morgan fingerprint density at radius 3 is 2.57 bits per heavy atom. The van der Waals surface area contributed by atoms with Crippen LogP contribution in [0.5, 0.6) is 5.75 Å². The first-order valence-electron chi connectivity index (χ1n) is 9.37. The maximum atomic E-state index is 12.6. The second kappa shape index (κ2) is 11.6. The molecule has 0 spiro atoms. The van der Waals surface area contributed by atoms with Crippen molar-refractivity contribution in [3.05, 3.63) is 48.5 Å². The average Bonchev–Trinajstić information content (AvgIpc) is 2.75. The number of anilines is 1. The number of nitrogens with zero attached hydrogens (tertiary/aromatic N) is 2. The highest BCUT2D eigenvalue weighted by molar-refractivity contribution is 7.99. The number of benzene rings is 2. The van der Waals surface area contributed by atoms with Gasteiger partial charge in [0.25, 0.3) is 0 Å². The fourth-order valence-electron chi connectivity index (χ4n) is 2.63. The molecule has 0 bridgehead atoms. The number of methoxy groups -OCH3 is 1. The number of rotatable bonds is 11. The molecule has 0 aliphatic carbocycles. The monoisotopic (exact) mass is 447 g/mol. The van der Waals surface area contributed by atoms with Gasteiger partial charge in [-0.3, -0.25) is 4.79 Å². The molecule has 0 atom stereocenters. The molecule has 0 aliphatic rings. The molecule has 2 rings (SSSR count). The highest BCUT2D eigenvalue weighted by Crippen LogP contribution is 2.27. The molecule has 0 saturated carbocycles. The van der Waals surface area contributed by atoms with E-state index in [1.54, 1.807) is 12.1 Å². The molecule has 0 heterocycles. The van der Waals surface area contributed by atoms with Gasteiger partial charge in [-0.1, -0.05) is 12.1 Å². The minimum atomic E-state index is -3.62. The van der Waals surface area contributed by atoms with Crippen LogP contribution in [0.25, 0.3) is 0 Å². The van der Waals surface area contributed by atoms with Crippen molar-refractivity contribution in [2.75, 3.05) is 31.8 Å². The van der Waals surface area contributed by atoms with E-state index in [0.717, 1.165) is 4.90 Å². The summed E-state index contributed by atoms with van der Waals surface area (Å²) in [5.41, 5.74) is 0.699. The van der Waals surface area contributed by atoms with Crippen LogP contribution in [-0.4, -0.2) is 45.1 Å². The molecule has 0 aromatic heterocycles. The van der Waals surface area contributed by atoms with E-state index in [0.29, 0.717) is 30.0 Å². The normalized spacial score (nSPS) is 11.1. The van der Waals surface area contributed by atoms with Gasteiger partial charge in [0.05, 0.1) is 23.8 Å². The quantitative estimate of drug-likeness (QED) is 0.416. The molecule has 160 valence electrons. The highest BCUT2D eigenvalue weighted by Gasteiger charge is 2.20. The SMILES string of the molecule is COc1ccc(S(=O)(=O)N(C)CCCC(=O)Nc2ccccc2SCCC#N)cc1. The van der Waals surface area contributed by atoms with Crippen LogP contribution in [0.4, 0.5) is 5.69 Å². The third-order valence-corrected chi connectivity index (χ3v) is 7.22.